The highest BCUT2D eigenvalue weighted by Crippen LogP contribution is 2.26. The highest BCUT2D eigenvalue weighted by atomic mass is 35.5. The molecule has 0 saturated carbocycles. The number of thiophene rings is 1. The van der Waals surface area contributed by atoms with Crippen LogP contribution in [0.5, 0.6) is 0 Å². The number of sulfonamides is 1. The molecule has 7 nitrogen and oxygen atoms in total. The first kappa shape index (κ1) is 22.7. The first-order chi connectivity index (χ1) is 14.1. The van der Waals surface area contributed by atoms with Crippen LogP contribution in [0.25, 0.3) is 0 Å². The zero-order valence-electron chi connectivity index (χ0n) is 16.8. The Balaban J connectivity index is 1.80. The van der Waals surface area contributed by atoms with Gasteiger partial charge in [-0.1, -0.05) is 29.8 Å². The van der Waals surface area contributed by atoms with Crippen molar-refractivity contribution in [2.75, 3.05) is 25.9 Å². The monoisotopic (exact) mass is 469 g/mol. The fraction of sp³-hybridized carbons (Fsp3) is 0.400. The number of rotatable bonds is 7. The van der Waals surface area contributed by atoms with Crippen molar-refractivity contribution in [3.05, 3.63) is 57.2 Å². The second kappa shape index (κ2) is 9.05. The first-order valence-electron chi connectivity index (χ1n) is 9.40. The van der Waals surface area contributed by atoms with Crippen molar-refractivity contribution in [1.82, 2.24) is 14.5 Å². The Morgan fingerprint density at radius 2 is 1.97 bits per heavy atom. The number of halogens is 1. The van der Waals surface area contributed by atoms with Gasteiger partial charge in [0.1, 0.15) is 5.54 Å². The van der Waals surface area contributed by atoms with Crippen molar-refractivity contribution in [3.8, 4) is 0 Å². The molecule has 0 aliphatic carbocycles. The summed E-state index contributed by atoms with van der Waals surface area (Å²) in [7, 11) is -3.62. The zero-order valence-corrected chi connectivity index (χ0v) is 19.2. The van der Waals surface area contributed by atoms with Crippen LogP contribution in [-0.2, 0) is 32.6 Å². The topological polar surface area (TPSA) is 86.8 Å². The molecule has 0 bridgehead atoms. The molecule has 2 amide bonds. The number of hydrogen-bond acceptors (Lipinski definition) is 5. The van der Waals surface area contributed by atoms with E-state index in [1.165, 1.54) is 4.90 Å². The van der Waals surface area contributed by atoms with E-state index in [0.717, 1.165) is 21.0 Å². The van der Waals surface area contributed by atoms with Crippen LogP contribution in [-0.4, -0.2) is 60.9 Å². The van der Waals surface area contributed by atoms with E-state index in [1.807, 2.05) is 17.5 Å². The smallest absolute Gasteiger partial charge is 0.247 e. The number of piperazine rings is 1. The van der Waals surface area contributed by atoms with Gasteiger partial charge in [-0.2, -0.15) is 4.31 Å². The molecule has 3 rings (SSSR count). The van der Waals surface area contributed by atoms with Gasteiger partial charge in [0.25, 0.3) is 0 Å². The summed E-state index contributed by atoms with van der Waals surface area (Å²) in [5, 5.41) is 5.40. The maximum Gasteiger partial charge on any atom is 0.247 e. The van der Waals surface area contributed by atoms with Crippen LogP contribution in [0, 0.1) is 0 Å². The van der Waals surface area contributed by atoms with E-state index in [-0.39, 0.29) is 25.5 Å². The summed E-state index contributed by atoms with van der Waals surface area (Å²) < 4.78 is 25.3. The van der Waals surface area contributed by atoms with E-state index in [1.54, 1.807) is 42.5 Å². The maximum atomic E-state index is 13.2. The van der Waals surface area contributed by atoms with Gasteiger partial charge in [0.05, 0.1) is 12.8 Å². The average molecular weight is 470 g/mol. The first-order valence-corrected chi connectivity index (χ1v) is 12.5. The summed E-state index contributed by atoms with van der Waals surface area (Å²) in [5.74, 6) is -0.780. The summed E-state index contributed by atoms with van der Waals surface area (Å²) in [4.78, 5) is 28.7. The van der Waals surface area contributed by atoms with Gasteiger partial charge in [0, 0.05) is 29.5 Å². The quantitative estimate of drug-likeness (QED) is 0.673. The third-order valence-corrected chi connectivity index (χ3v) is 7.56. The third kappa shape index (κ3) is 5.21. The summed E-state index contributed by atoms with van der Waals surface area (Å²) >= 11 is 7.48. The minimum absolute atomic E-state index is 0.0888. The van der Waals surface area contributed by atoms with Crippen LogP contribution in [0.3, 0.4) is 0 Å². The molecule has 0 unspecified atom stereocenters. The molecule has 1 saturated heterocycles. The minimum Gasteiger partial charge on any atom is -0.350 e. The van der Waals surface area contributed by atoms with Gasteiger partial charge >= 0.3 is 0 Å². The van der Waals surface area contributed by atoms with E-state index < -0.39 is 21.5 Å². The van der Waals surface area contributed by atoms with Crippen LogP contribution in [0.15, 0.2) is 41.8 Å². The Hall–Kier alpha value is -1.94. The van der Waals surface area contributed by atoms with E-state index in [2.05, 4.69) is 5.32 Å². The fourth-order valence-corrected chi connectivity index (χ4v) is 5.10. The number of carbonyl (C=O) groups is 2. The molecule has 1 fully saturated rings. The molecule has 1 aliphatic rings. The molecule has 162 valence electrons. The molecule has 2 aromatic rings. The van der Waals surface area contributed by atoms with Gasteiger partial charge in [0.15, 0.2) is 0 Å². The Labute approximate surface area is 185 Å². The summed E-state index contributed by atoms with van der Waals surface area (Å²) in [5.41, 5.74) is -0.467. The molecule has 30 heavy (non-hydrogen) atoms. The lowest BCUT2D eigenvalue weighted by Crippen LogP contribution is -2.69. The molecule has 1 aromatic heterocycles. The summed E-state index contributed by atoms with van der Waals surface area (Å²) in [6.45, 7) is 1.85. The van der Waals surface area contributed by atoms with Gasteiger partial charge in [-0.05, 0) is 42.5 Å². The van der Waals surface area contributed by atoms with Gasteiger partial charge in [-0.15, -0.1) is 11.3 Å². The minimum atomic E-state index is -3.62. The highest BCUT2D eigenvalue weighted by molar-refractivity contribution is 7.88. The lowest BCUT2D eigenvalue weighted by Gasteiger charge is -2.46. The van der Waals surface area contributed by atoms with Gasteiger partial charge in [-0.25, -0.2) is 8.42 Å². The molecule has 1 aliphatic heterocycles. The van der Waals surface area contributed by atoms with E-state index in [0.29, 0.717) is 18.0 Å². The number of nitrogens with zero attached hydrogens (tertiary/aromatic N) is 2. The third-order valence-electron chi connectivity index (χ3n) is 5.18. The van der Waals surface area contributed by atoms with Crippen molar-refractivity contribution < 1.29 is 18.0 Å². The maximum absolute atomic E-state index is 13.2. The Morgan fingerprint density at radius 1 is 1.27 bits per heavy atom. The molecular formula is C20H24ClN3O4S2. The summed E-state index contributed by atoms with van der Waals surface area (Å²) in [6.07, 6.45) is 1.65. The van der Waals surface area contributed by atoms with Crippen molar-refractivity contribution in [1.29, 1.82) is 0 Å². The largest absolute Gasteiger partial charge is 0.350 e. The number of carbonyl (C=O) groups excluding carboxylic acids is 2. The molecule has 1 aromatic carbocycles. The van der Waals surface area contributed by atoms with Crippen LogP contribution in [0.4, 0.5) is 0 Å². The lowest BCUT2D eigenvalue weighted by atomic mass is 9.95. The molecule has 0 radical (unpaired) electrons. The van der Waals surface area contributed by atoms with Gasteiger partial charge < -0.3 is 10.2 Å². The Kier molecular flexibility index (Phi) is 6.86. The van der Waals surface area contributed by atoms with Gasteiger partial charge in [0.2, 0.25) is 21.8 Å². The standard InChI is InChI=1S/C20H24ClN3O4S2/c1-20(19(26)22-12-15-5-7-16(21)8-6-15)14-23(30(2,27)28)13-18(25)24(20)10-9-17-4-3-11-29-17/h3-8,11H,9-10,12-14H2,1-2H3,(H,22,26)/t20-/m1/s1. The second-order valence-corrected chi connectivity index (χ2v) is 10.9. The van der Waals surface area contributed by atoms with Crippen molar-refractivity contribution in [2.24, 2.45) is 0 Å². The number of amides is 2. The van der Waals surface area contributed by atoms with Gasteiger partial charge in [-0.3, -0.25) is 9.59 Å². The van der Waals surface area contributed by atoms with Crippen molar-refractivity contribution in [2.45, 2.75) is 25.4 Å². The van der Waals surface area contributed by atoms with E-state index >= 15 is 0 Å². The van der Waals surface area contributed by atoms with Crippen LogP contribution < -0.4 is 5.32 Å². The van der Waals surface area contributed by atoms with E-state index in [4.69, 9.17) is 11.6 Å². The van der Waals surface area contributed by atoms with E-state index in [9.17, 15) is 18.0 Å². The average Bonchev–Trinajstić information content (AvgIpc) is 3.19. The SMILES string of the molecule is C[C@]1(C(=O)NCc2ccc(Cl)cc2)CN(S(C)(=O)=O)CC(=O)N1CCc1cccs1. The summed E-state index contributed by atoms with van der Waals surface area (Å²) in [6, 6.07) is 11.0. The van der Waals surface area contributed by atoms with Crippen LogP contribution >= 0.6 is 22.9 Å². The Bertz CT molecular complexity index is 1010. The molecule has 0 spiro atoms. The molecular weight excluding hydrogens is 446 g/mol. The number of hydrogen-bond donors (Lipinski definition) is 1. The predicted molar refractivity (Wildman–Crippen MR) is 118 cm³/mol. The number of benzene rings is 1. The number of nitrogens with one attached hydrogen (secondary N) is 1. The molecule has 1 N–H and O–H groups in total. The second-order valence-electron chi connectivity index (χ2n) is 7.49. The highest BCUT2D eigenvalue weighted by Gasteiger charge is 2.49. The Morgan fingerprint density at radius 3 is 2.57 bits per heavy atom. The lowest BCUT2D eigenvalue weighted by molar-refractivity contribution is -0.152. The van der Waals surface area contributed by atoms with Crippen LogP contribution in [0.1, 0.15) is 17.4 Å². The molecule has 2 heterocycles. The predicted octanol–water partition coefficient (Wildman–Crippen LogP) is 2.12. The molecule has 1 atom stereocenters. The normalized spacial score (nSPS) is 20.4. The zero-order chi connectivity index (χ0) is 21.9. The van der Waals surface area contributed by atoms with Crippen molar-refractivity contribution in [3.63, 3.8) is 0 Å². The van der Waals surface area contributed by atoms with Crippen molar-refractivity contribution >= 4 is 44.8 Å². The molecule has 10 heteroatoms. The fourth-order valence-electron chi connectivity index (χ4n) is 3.45. The van der Waals surface area contributed by atoms with Crippen LogP contribution in [0.2, 0.25) is 5.02 Å².